The Balaban J connectivity index is 1.66. The number of nitrogens with zero attached hydrogens (tertiary/aromatic N) is 6. The van der Waals surface area contributed by atoms with Gasteiger partial charge >= 0.3 is 0 Å². The molecule has 1 fully saturated rings. The summed E-state index contributed by atoms with van der Waals surface area (Å²) in [5.41, 5.74) is 0. The first kappa shape index (κ1) is 17.0. The molecule has 1 aliphatic rings. The van der Waals surface area contributed by atoms with Crippen molar-refractivity contribution >= 4 is 33.5 Å². The van der Waals surface area contributed by atoms with E-state index in [1.807, 2.05) is 49.6 Å². The van der Waals surface area contributed by atoms with E-state index < -0.39 is 0 Å². The SMILES string of the molecule is CN(C)c1nccc(N(C)C2CCN(c3ncccc3Br)CC2)n1. The number of piperidine rings is 1. The van der Waals surface area contributed by atoms with Crippen LogP contribution >= 0.6 is 15.9 Å². The van der Waals surface area contributed by atoms with Gasteiger partial charge in [-0.3, -0.25) is 0 Å². The first-order valence-corrected chi connectivity index (χ1v) is 8.94. The molecule has 0 saturated carbocycles. The predicted molar refractivity (Wildman–Crippen MR) is 102 cm³/mol. The Morgan fingerprint density at radius 3 is 2.50 bits per heavy atom. The molecule has 1 saturated heterocycles. The summed E-state index contributed by atoms with van der Waals surface area (Å²) in [6.07, 6.45) is 5.85. The average molecular weight is 391 g/mol. The van der Waals surface area contributed by atoms with Crippen LogP contribution in [0.25, 0.3) is 0 Å². The fourth-order valence-corrected chi connectivity index (χ4v) is 3.52. The van der Waals surface area contributed by atoms with Gasteiger partial charge in [-0.25, -0.2) is 9.97 Å². The number of hydrogen-bond donors (Lipinski definition) is 0. The van der Waals surface area contributed by atoms with Crippen molar-refractivity contribution in [2.75, 3.05) is 48.9 Å². The van der Waals surface area contributed by atoms with Gasteiger partial charge in [-0.2, -0.15) is 4.98 Å². The lowest BCUT2D eigenvalue weighted by molar-refractivity contribution is 0.477. The van der Waals surface area contributed by atoms with E-state index in [0.29, 0.717) is 6.04 Å². The lowest BCUT2D eigenvalue weighted by Crippen LogP contribution is -2.44. The van der Waals surface area contributed by atoms with E-state index in [2.05, 4.69) is 47.7 Å². The Kier molecular flexibility index (Phi) is 5.18. The number of hydrogen-bond acceptors (Lipinski definition) is 6. The van der Waals surface area contributed by atoms with Gasteiger partial charge in [0.1, 0.15) is 11.6 Å². The van der Waals surface area contributed by atoms with Crippen LogP contribution in [0.3, 0.4) is 0 Å². The molecule has 128 valence electrons. The van der Waals surface area contributed by atoms with Crippen molar-refractivity contribution in [3.8, 4) is 0 Å². The molecule has 0 bridgehead atoms. The second kappa shape index (κ2) is 7.34. The molecule has 2 aromatic rings. The minimum atomic E-state index is 0.480. The normalized spacial score (nSPS) is 15.4. The maximum atomic E-state index is 4.65. The Hall–Kier alpha value is -1.89. The summed E-state index contributed by atoms with van der Waals surface area (Å²) in [5.74, 6) is 2.76. The molecule has 0 atom stereocenters. The van der Waals surface area contributed by atoms with Gasteiger partial charge in [-0.15, -0.1) is 0 Å². The smallest absolute Gasteiger partial charge is 0.226 e. The molecule has 6 nitrogen and oxygen atoms in total. The molecule has 1 aliphatic heterocycles. The maximum Gasteiger partial charge on any atom is 0.226 e. The zero-order chi connectivity index (χ0) is 17.1. The maximum absolute atomic E-state index is 4.65. The van der Waals surface area contributed by atoms with Crippen LogP contribution in [0.1, 0.15) is 12.8 Å². The van der Waals surface area contributed by atoms with Crippen molar-refractivity contribution in [1.29, 1.82) is 0 Å². The van der Waals surface area contributed by atoms with Gasteiger partial charge in [0.15, 0.2) is 0 Å². The highest BCUT2D eigenvalue weighted by molar-refractivity contribution is 9.10. The Morgan fingerprint density at radius 2 is 1.83 bits per heavy atom. The monoisotopic (exact) mass is 390 g/mol. The third-order valence-corrected chi connectivity index (χ3v) is 5.06. The molecule has 3 rings (SSSR count). The highest BCUT2D eigenvalue weighted by Crippen LogP contribution is 2.28. The third-order valence-electron chi connectivity index (χ3n) is 4.44. The highest BCUT2D eigenvalue weighted by atomic mass is 79.9. The van der Waals surface area contributed by atoms with Gasteiger partial charge in [0.05, 0.1) is 4.47 Å². The van der Waals surface area contributed by atoms with E-state index in [9.17, 15) is 0 Å². The van der Waals surface area contributed by atoms with Crippen molar-refractivity contribution in [2.45, 2.75) is 18.9 Å². The summed E-state index contributed by atoms with van der Waals surface area (Å²) >= 11 is 3.60. The fraction of sp³-hybridized carbons (Fsp3) is 0.471. The van der Waals surface area contributed by atoms with Crippen molar-refractivity contribution in [3.63, 3.8) is 0 Å². The van der Waals surface area contributed by atoms with Crippen LogP contribution < -0.4 is 14.7 Å². The first-order chi connectivity index (χ1) is 11.6. The summed E-state index contributed by atoms with van der Waals surface area (Å²) in [4.78, 5) is 20.0. The number of pyridine rings is 1. The Morgan fingerprint density at radius 1 is 1.08 bits per heavy atom. The fourth-order valence-electron chi connectivity index (χ4n) is 3.01. The Bertz CT molecular complexity index is 684. The lowest BCUT2D eigenvalue weighted by atomic mass is 10.0. The highest BCUT2D eigenvalue weighted by Gasteiger charge is 2.25. The van der Waals surface area contributed by atoms with Crippen LogP contribution in [0.15, 0.2) is 35.1 Å². The van der Waals surface area contributed by atoms with E-state index in [0.717, 1.165) is 48.0 Å². The van der Waals surface area contributed by atoms with Crippen LogP contribution in [0, 0.1) is 0 Å². The molecule has 3 heterocycles. The second-order valence-corrected chi connectivity index (χ2v) is 7.10. The summed E-state index contributed by atoms with van der Waals surface area (Å²) in [7, 11) is 6.05. The van der Waals surface area contributed by atoms with Gasteiger partial charge in [0.25, 0.3) is 0 Å². The standard InChI is InChI=1S/C17H23BrN6/c1-22(2)17-20-10-6-15(21-17)23(3)13-7-11-24(12-8-13)16-14(18)5-4-9-19-16/h4-6,9-10,13H,7-8,11-12H2,1-3H3. The van der Waals surface area contributed by atoms with E-state index in [1.165, 1.54) is 0 Å². The molecule has 2 aromatic heterocycles. The molecule has 0 radical (unpaired) electrons. The zero-order valence-electron chi connectivity index (χ0n) is 14.4. The Labute approximate surface area is 151 Å². The van der Waals surface area contributed by atoms with Crippen LogP contribution in [0.2, 0.25) is 0 Å². The molecule has 7 heteroatoms. The molecule has 0 spiro atoms. The van der Waals surface area contributed by atoms with Crippen LogP contribution in [-0.4, -0.2) is 55.2 Å². The molecular formula is C17H23BrN6. The summed E-state index contributed by atoms with van der Waals surface area (Å²) < 4.78 is 1.06. The average Bonchev–Trinajstić information content (AvgIpc) is 2.62. The minimum Gasteiger partial charge on any atom is -0.356 e. The van der Waals surface area contributed by atoms with Crippen LogP contribution in [0.4, 0.5) is 17.6 Å². The van der Waals surface area contributed by atoms with Gasteiger partial charge in [0.2, 0.25) is 5.95 Å². The second-order valence-electron chi connectivity index (χ2n) is 6.25. The molecule has 0 unspecified atom stereocenters. The summed E-state index contributed by atoms with van der Waals surface area (Å²) in [6.45, 7) is 1.99. The number of rotatable bonds is 4. The molecular weight excluding hydrogens is 368 g/mol. The summed E-state index contributed by atoms with van der Waals surface area (Å²) in [6, 6.07) is 6.46. The van der Waals surface area contributed by atoms with Crippen LogP contribution in [0.5, 0.6) is 0 Å². The number of aromatic nitrogens is 3. The third kappa shape index (κ3) is 3.61. The largest absolute Gasteiger partial charge is 0.356 e. The van der Waals surface area contributed by atoms with Crippen molar-refractivity contribution in [2.24, 2.45) is 0 Å². The quantitative estimate of drug-likeness (QED) is 0.799. The number of anilines is 3. The van der Waals surface area contributed by atoms with Gasteiger partial charge in [0, 0.05) is 52.7 Å². The minimum absolute atomic E-state index is 0.480. The molecule has 24 heavy (non-hydrogen) atoms. The van der Waals surface area contributed by atoms with E-state index >= 15 is 0 Å². The molecule has 0 amide bonds. The molecule has 0 aromatic carbocycles. The van der Waals surface area contributed by atoms with Crippen molar-refractivity contribution in [3.05, 3.63) is 35.1 Å². The predicted octanol–water partition coefficient (Wildman–Crippen LogP) is 2.81. The van der Waals surface area contributed by atoms with E-state index in [4.69, 9.17) is 0 Å². The van der Waals surface area contributed by atoms with Crippen LogP contribution in [-0.2, 0) is 0 Å². The number of halogens is 1. The van der Waals surface area contributed by atoms with E-state index in [-0.39, 0.29) is 0 Å². The molecule has 0 aliphatic carbocycles. The van der Waals surface area contributed by atoms with Gasteiger partial charge in [-0.05, 0) is 47.0 Å². The van der Waals surface area contributed by atoms with Gasteiger partial charge in [-0.1, -0.05) is 0 Å². The zero-order valence-corrected chi connectivity index (χ0v) is 15.9. The topological polar surface area (TPSA) is 48.4 Å². The van der Waals surface area contributed by atoms with E-state index in [1.54, 1.807) is 0 Å². The van der Waals surface area contributed by atoms with Crippen molar-refractivity contribution in [1.82, 2.24) is 15.0 Å². The molecule has 0 N–H and O–H groups in total. The first-order valence-electron chi connectivity index (χ1n) is 8.15. The van der Waals surface area contributed by atoms with Gasteiger partial charge < -0.3 is 14.7 Å². The lowest BCUT2D eigenvalue weighted by Gasteiger charge is -2.38. The van der Waals surface area contributed by atoms with Crippen molar-refractivity contribution < 1.29 is 0 Å². The summed E-state index contributed by atoms with van der Waals surface area (Å²) in [5, 5.41) is 0.